The number of morpholine rings is 1. The maximum atomic E-state index is 12.4. The van der Waals surface area contributed by atoms with Gasteiger partial charge in [0.25, 0.3) is 0 Å². The van der Waals surface area contributed by atoms with Gasteiger partial charge in [0.15, 0.2) is 0 Å². The van der Waals surface area contributed by atoms with E-state index in [2.05, 4.69) is 31.3 Å². The van der Waals surface area contributed by atoms with Crippen molar-refractivity contribution in [2.24, 2.45) is 0 Å². The van der Waals surface area contributed by atoms with Crippen molar-refractivity contribution in [1.82, 2.24) is 24.6 Å². The Kier molecular flexibility index (Phi) is 5.40. The van der Waals surface area contributed by atoms with Crippen LogP contribution in [0.3, 0.4) is 0 Å². The Morgan fingerprint density at radius 3 is 2.84 bits per heavy atom. The first-order valence-electron chi connectivity index (χ1n) is 8.47. The molecule has 8 nitrogen and oxygen atoms in total. The summed E-state index contributed by atoms with van der Waals surface area (Å²) in [5.74, 6) is 0.213. The molecule has 134 valence electrons. The van der Waals surface area contributed by atoms with Crippen LogP contribution in [0.4, 0.5) is 5.95 Å². The molecule has 8 heteroatoms. The summed E-state index contributed by atoms with van der Waals surface area (Å²) >= 11 is 0. The number of carbonyl (C=O) groups is 1. The van der Waals surface area contributed by atoms with Gasteiger partial charge in [0.1, 0.15) is 0 Å². The van der Waals surface area contributed by atoms with Crippen LogP contribution >= 0.6 is 0 Å². The SMILES string of the molecule is Cc1cc(C)n(C[C@H]2CN([C@H](C)C(=O)Nc3ncccn3)CCO2)n1. The number of hydrogen-bond donors (Lipinski definition) is 1. The van der Waals surface area contributed by atoms with E-state index in [1.807, 2.05) is 25.5 Å². The van der Waals surface area contributed by atoms with Gasteiger partial charge in [0.05, 0.1) is 31.0 Å². The zero-order chi connectivity index (χ0) is 17.8. The van der Waals surface area contributed by atoms with E-state index in [-0.39, 0.29) is 18.1 Å². The van der Waals surface area contributed by atoms with Crippen LogP contribution in [0.25, 0.3) is 0 Å². The highest BCUT2D eigenvalue weighted by Crippen LogP contribution is 2.13. The lowest BCUT2D eigenvalue weighted by atomic mass is 10.2. The molecule has 0 saturated carbocycles. The van der Waals surface area contributed by atoms with Gasteiger partial charge in [-0.3, -0.25) is 19.7 Å². The quantitative estimate of drug-likeness (QED) is 0.872. The number of nitrogens with zero attached hydrogens (tertiary/aromatic N) is 5. The molecule has 1 amide bonds. The molecule has 1 aliphatic rings. The highest BCUT2D eigenvalue weighted by Gasteiger charge is 2.28. The third-order valence-electron chi connectivity index (χ3n) is 4.38. The predicted octanol–water partition coefficient (Wildman–Crippen LogP) is 1.02. The van der Waals surface area contributed by atoms with Crippen molar-refractivity contribution in [3.05, 3.63) is 35.9 Å². The van der Waals surface area contributed by atoms with Crippen molar-refractivity contribution in [3.8, 4) is 0 Å². The van der Waals surface area contributed by atoms with Crippen molar-refractivity contribution in [3.63, 3.8) is 0 Å². The van der Waals surface area contributed by atoms with Gasteiger partial charge in [0, 0.05) is 31.2 Å². The van der Waals surface area contributed by atoms with E-state index >= 15 is 0 Å². The van der Waals surface area contributed by atoms with Gasteiger partial charge >= 0.3 is 0 Å². The molecule has 3 heterocycles. The first-order chi connectivity index (χ1) is 12.0. The van der Waals surface area contributed by atoms with Crippen LogP contribution in [0, 0.1) is 13.8 Å². The molecule has 3 rings (SSSR count). The van der Waals surface area contributed by atoms with Crippen molar-refractivity contribution in [2.45, 2.75) is 39.5 Å². The zero-order valence-electron chi connectivity index (χ0n) is 14.8. The number of carbonyl (C=O) groups excluding carboxylic acids is 1. The molecule has 1 aliphatic heterocycles. The third kappa shape index (κ3) is 4.40. The topological polar surface area (TPSA) is 85.2 Å². The molecule has 2 atom stereocenters. The van der Waals surface area contributed by atoms with Crippen molar-refractivity contribution in [2.75, 3.05) is 25.0 Å². The summed E-state index contributed by atoms with van der Waals surface area (Å²) in [5, 5.41) is 7.24. The average molecular weight is 344 g/mol. The van der Waals surface area contributed by atoms with Crippen molar-refractivity contribution in [1.29, 1.82) is 0 Å². The van der Waals surface area contributed by atoms with Crippen LogP contribution in [0.2, 0.25) is 0 Å². The maximum Gasteiger partial charge on any atom is 0.243 e. The Labute approximate surface area is 147 Å². The standard InChI is InChI=1S/C17H24N6O2/c1-12-9-13(2)23(21-12)11-15-10-22(7-8-25-15)14(3)16(24)20-17-18-5-4-6-19-17/h4-6,9,14-15H,7-8,10-11H2,1-3H3,(H,18,19,20,24)/t14-,15-/m1/s1. The number of aryl methyl sites for hydroxylation is 2. The Balaban J connectivity index is 1.58. The van der Waals surface area contributed by atoms with E-state index in [1.165, 1.54) is 0 Å². The highest BCUT2D eigenvalue weighted by atomic mass is 16.5. The predicted molar refractivity (Wildman–Crippen MR) is 93.1 cm³/mol. The van der Waals surface area contributed by atoms with Crippen LogP contribution in [-0.4, -0.2) is 62.4 Å². The van der Waals surface area contributed by atoms with E-state index in [1.54, 1.807) is 18.5 Å². The first kappa shape index (κ1) is 17.5. The van der Waals surface area contributed by atoms with E-state index in [0.29, 0.717) is 25.6 Å². The highest BCUT2D eigenvalue weighted by molar-refractivity contribution is 5.93. The molecule has 0 aliphatic carbocycles. The van der Waals surface area contributed by atoms with Gasteiger partial charge in [-0.15, -0.1) is 0 Å². The summed E-state index contributed by atoms with van der Waals surface area (Å²) in [6.45, 7) is 8.60. The van der Waals surface area contributed by atoms with Gasteiger partial charge in [0.2, 0.25) is 11.9 Å². The lowest BCUT2D eigenvalue weighted by molar-refractivity contribution is -0.124. The molecule has 1 N–H and O–H groups in total. The Hall–Kier alpha value is -2.32. The molecule has 1 saturated heterocycles. The van der Waals surface area contributed by atoms with Gasteiger partial charge in [-0.1, -0.05) is 0 Å². The van der Waals surface area contributed by atoms with Crippen molar-refractivity contribution >= 4 is 11.9 Å². The molecule has 2 aromatic heterocycles. The fourth-order valence-electron chi connectivity index (χ4n) is 3.00. The Bertz CT molecular complexity index is 717. The molecule has 2 aromatic rings. The minimum atomic E-state index is -0.282. The number of anilines is 1. The number of nitrogens with one attached hydrogen (secondary N) is 1. The minimum absolute atomic E-state index is 0.00924. The van der Waals surface area contributed by atoms with E-state index in [4.69, 9.17) is 4.74 Å². The second kappa shape index (κ2) is 7.71. The van der Waals surface area contributed by atoms with Gasteiger partial charge in [-0.05, 0) is 32.9 Å². The fraction of sp³-hybridized carbons (Fsp3) is 0.529. The summed E-state index contributed by atoms with van der Waals surface area (Å²) in [6.07, 6.45) is 3.22. The smallest absolute Gasteiger partial charge is 0.243 e. The summed E-state index contributed by atoms with van der Waals surface area (Å²) < 4.78 is 7.83. The van der Waals surface area contributed by atoms with E-state index in [0.717, 1.165) is 17.9 Å². The summed E-state index contributed by atoms with van der Waals surface area (Å²) in [4.78, 5) is 22.6. The van der Waals surface area contributed by atoms with Gasteiger partial charge < -0.3 is 4.74 Å². The summed E-state index contributed by atoms with van der Waals surface area (Å²) in [7, 11) is 0. The van der Waals surface area contributed by atoms with Crippen LogP contribution in [0.15, 0.2) is 24.5 Å². The maximum absolute atomic E-state index is 12.4. The monoisotopic (exact) mass is 344 g/mol. The van der Waals surface area contributed by atoms with Crippen LogP contribution < -0.4 is 5.32 Å². The minimum Gasteiger partial charge on any atom is -0.374 e. The lowest BCUT2D eigenvalue weighted by Crippen LogP contribution is -2.51. The number of amides is 1. The van der Waals surface area contributed by atoms with E-state index in [9.17, 15) is 4.79 Å². The largest absolute Gasteiger partial charge is 0.374 e. The fourth-order valence-corrected chi connectivity index (χ4v) is 3.00. The first-order valence-corrected chi connectivity index (χ1v) is 8.47. The zero-order valence-corrected chi connectivity index (χ0v) is 14.8. The van der Waals surface area contributed by atoms with Crippen LogP contribution in [-0.2, 0) is 16.1 Å². The van der Waals surface area contributed by atoms with Gasteiger partial charge in [-0.2, -0.15) is 5.10 Å². The third-order valence-corrected chi connectivity index (χ3v) is 4.38. The molecule has 0 spiro atoms. The number of aromatic nitrogens is 4. The Morgan fingerprint density at radius 2 is 2.16 bits per heavy atom. The molecule has 0 radical (unpaired) electrons. The Morgan fingerprint density at radius 1 is 1.40 bits per heavy atom. The van der Waals surface area contributed by atoms with Gasteiger partial charge in [-0.25, -0.2) is 9.97 Å². The van der Waals surface area contributed by atoms with Crippen LogP contribution in [0.1, 0.15) is 18.3 Å². The lowest BCUT2D eigenvalue weighted by Gasteiger charge is -2.36. The average Bonchev–Trinajstić information content (AvgIpc) is 2.92. The van der Waals surface area contributed by atoms with Crippen molar-refractivity contribution < 1.29 is 9.53 Å². The van der Waals surface area contributed by atoms with E-state index < -0.39 is 0 Å². The number of rotatable bonds is 5. The molecule has 0 bridgehead atoms. The molecule has 25 heavy (non-hydrogen) atoms. The molecule has 1 fully saturated rings. The summed E-state index contributed by atoms with van der Waals surface area (Å²) in [6, 6.07) is 3.48. The molecule has 0 unspecified atom stereocenters. The number of hydrogen-bond acceptors (Lipinski definition) is 6. The second-order valence-electron chi connectivity index (χ2n) is 6.33. The summed E-state index contributed by atoms with van der Waals surface area (Å²) in [5.41, 5.74) is 2.12. The molecular weight excluding hydrogens is 320 g/mol. The number of ether oxygens (including phenoxy) is 1. The normalized spacial score (nSPS) is 19.6. The second-order valence-corrected chi connectivity index (χ2v) is 6.33. The molecular formula is C17H24N6O2. The van der Waals surface area contributed by atoms with Crippen LogP contribution in [0.5, 0.6) is 0 Å². The molecule has 0 aromatic carbocycles.